The van der Waals surface area contributed by atoms with E-state index in [-0.39, 0.29) is 5.56 Å². The lowest BCUT2D eigenvalue weighted by atomic mass is 10.2. The van der Waals surface area contributed by atoms with Crippen LogP contribution in [0.25, 0.3) is 10.9 Å². The Morgan fingerprint density at radius 2 is 1.72 bits per heavy atom. The number of hydrogen-bond acceptors (Lipinski definition) is 4. The zero-order valence-electron chi connectivity index (χ0n) is 14.0. The zero-order chi connectivity index (χ0) is 17.1. The highest BCUT2D eigenvalue weighted by Gasteiger charge is 2.17. The molecule has 1 fully saturated rings. The standard InChI is InChI=1S/C20H20N4O/c25-20-17-10-4-5-11-18(17)22-19(15-23-12-6-7-13-23)24(20)21-14-16-8-2-1-3-9-16/h1-5,8-11,14H,6-7,12-13,15H2/b21-14+. The molecule has 4 rings (SSSR count). The highest BCUT2D eigenvalue weighted by Crippen LogP contribution is 2.13. The van der Waals surface area contributed by atoms with Gasteiger partial charge in [0.15, 0.2) is 0 Å². The summed E-state index contributed by atoms with van der Waals surface area (Å²) in [5.41, 5.74) is 1.56. The summed E-state index contributed by atoms with van der Waals surface area (Å²) in [5.74, 6) is 0.692. The van der Waals surface area contributed by atoms with Gasteiger partial charge >= 0.3 is 0 Å². The Kier molecular flexibility index (Phi) is 4.39. The molecule has 0 radical (unpaired) electrons. The van der Waals surface area contributed by atoms with Gasteiger partial charge in [-0.15, -0.1) is 0 Å². The van der Waals surface area contributed by atoms with Crippen molar-refractivity contribution < 1.29 is 0 Å². The van der Waals surface area contributed by atoms with Crippen LogP contribution in [0.2, 0.25) is 0 Å². The molecular weight excluding hydrogens is 312 g/mol. The fourth-order valence-corrected chi connectivity index (χ4v) is 3.20. The molecule has 1 saturated heterocycles. The Bertz CT molecular complexity index is 956. The van der Waals surface area contributed by atoms with Crippen molar-refractivity contribution in [2.75, 3.05) is 13.1 Å². The van der Waals surface area contributed by atoms with Gasteiger partial charge < -0.3 is 0 Å². The average molecular weight is 332 g/mol. The molecule has 5 nitrogen and oxygen atoms in total. The molecule has 0 N–H and O–H groups in total. The number of para-hydroxylation sites is 1. The Balaban J connectivity index is 1.80. The highest BCUT2D eigenvalue weighted by molar-refractivity contribution is 5.80. The molecule has 0 bridgehead atoms. The van der Waals surface area contributed by atoms with Gasteiger partial charge in [0.05, 0.1) is 23.7 Å². The summed E-state index contributed by atoms with van der Waals surface area (Å²) in [5, 5.41) is 5.05. The average Bonchev–Trinajstić information content (AvgIpc) is 3.15. The maximum atomic E-state index is 12.9. The maximum absolute atomic E-state index is 12.9. The van der Waals surface area contributed by atoms with Crippen LogP contribution in [0.5, 0.6) is 0 Å². The van der Waals surface area contributed by atoms with Gasteiger partial charge in [-0.3, -0.25) is 9.69 Å². The van der Waals surface area contributed by atoms with Gasteiger partial charge in [0.1, 0.15) is 5.82 Å². The third kappa shape index (κ3) is 3.37. The van der Waals surface area contributed by atoms with E-state index < -0.39 is 0 Å². The molecule has 1 aromatic heterocycles. The minimum Gasteiger partial charge on any atom is -0.296 e. The van der Waals surface area contributed by atoms with Crippen LogP contribution in [0.15, 0.2) is 64.5 Å². The van der Waals surface area contributed by atoms with Crippen LogP contribution in [-0.4, -0.2) is 33.9 Å². The second kappa shape index (κ2) is 6.99. The molecule has 0 spiro atoms. The van der Waals surface area contributed by atoms with Crippen molar-refractivity contribution in [3.8, 4) is 0 Å². The summed E-state index contributed by atoms with van der Waals surface area (Å²) < 4.78 is 1.45. The van der Waals surface area contributed by atoms with Gasteiger partial charge in [-0.1, -0.05) is 42.5 Å². The Hall–Kier alpha value is -2.79. The SMILES string of the molecule is O=c1c2ccccc2nc(CN2CCCC2)n1/N=C/c1ccccc1. The number of benzene rings is 2. The summed E-state index contributed by atoms with van der Waals surface area (Å²) in [4.78, 5) is 20.0. The second-order valence-electron chi connectivity index (χ2n) is 6.30. The normalized spacial score (nSPS) is 15.4. The fourth-order valence-electron chi connectivity index (χ4n) is 3.20. The number of fused-ring (bicyclic) bond motifs is 1. The predicted molar refractivity (Wildman–Crippen MR) is 99.9 cm³/mol. The summed E-state index contributed by atoms with van der Waals surface area (Å²) in [6.07, 6.45) is 4.11. The molecule has 3 aromatic rings. The van der Waals surface area contributed by atoms with E-state index in [1.807, 2.05) is 48.5 Å². The third-order valence-corrected chi connectivity index (χ3v) is 4.51. The first kappa shape index (κ1) is 15.7. The van der Waals surface area contributed by atoms with Crippen LogP contribution in [-0.2, 0) is 6.54 Å². The van der Waals surface area contributed by atoms with Gasteiger partial charge in [0, 0.05) is 0 Å². The Morgan fingerprint density at radius 3 is 2.52 bits per heavy atom. The summed E-state index contributed by atoms with van der Waals surface area (Å²) in [6.45, 7) is 2.74. The smallest absolute Gasteiger partial charge is 0.282 e. The van der Waals surface area contributed by atoms with Crippen LogP contribution in [0.1, 0.15) is 24.2 Å². The molecule has 2 heterocycles. The molecule has 0 atom stereocenters. The van der Waals surface area contributed by atoms with E-state index in [1.54, 1.807) is 12.3 Å². The first-order valence-corrected chi connectivity index (χ1v) is 8.64. The predicted octanol–water partition coefficient (Wildman–Crippen LogP) is 2.87. The molecule has 1 aliphatic heterocycles. The van der Waals surface area contributed by atoms with Crippen molar-refractivity contribution in [2.24, 2.45) is 5.10 Å². The topological polar surface area (TPSA) is 50.5 Å². The molecule has 5 heteroatoms. The van der Waals surface area contributed by atoms with Crippen molar-refractivity contribution in [1.82, 2.24) is 14.6 Å². The van der Waals surface area contributed by atoms with Crippen molar-refractivity contribution in [2.45, 2.75) is 19.4 Å². The minimum atomic E-state index is -0.119. The Labute approximate surface area is 146 Å². The first-order chi connectivity index (χ1) is 12.3. The van der Waals surface area contributed by atoms with E-state index in [4.69, 9.17) is 4.98 Å². The lowest BCUT2D eigenvalue weighted by molar-refractivity contribution is 0.316. The molecule has 1 aliphatic rings. The van der Waals surface area contributed by atoms with Crippen LogP contribution < -0.4 is 5.56 Å². The number of likely N-dealkylation sites (tertiary alicyclic amines) is 1. The van der Waals surface area contributed by atoms with E-state index in [0.717, 1.165) is 24.2 Å². The summed E-state index contributed by atoms with van der Waals surface area (Å²) in [6, 6.07) is 17.2. The third-order valence-electron chi connectivity index (χ3n) is 4.51. The summed E-state index contributed by atoms with van der Waals surface area (Å²) >= 11 is 0. The van der Waals surface area contributed by atoms with Gasteiger partial charge in [0.2, 0.25) is 0 Å². The zero-order valence-corrected chi connectivity index (χ0v) is 14.0. The molecular formula is C20H20N4O. The minimum absolute atomic E-state index is 0.119. The van der Waals surface area contributed by atoms with E-state index in [1.165, 1.54) is 17.5 Å². The second-order valence-corrected chi connectivity index (χ2v) is 6.30. The van der Waals surface area contributed by atoms with Crippen LogP contribution >= 0.6 is 0 Å². The van der Waals surface area contributed by atoms with Crippen molar-refractivity contribution in [1.29, 1.82) is 0 Å². The van der Waals surface area contributed by atoms with Crippen LogP contribution in [0, 0.1) is 0 Å². The van der Waals surface area contributed by atoms with E-state index in [0.29, 0.717) is 17.8 Å². The largest absolute Gasteiger partial charge is 0.296 e. The summed E-state index contributed by atoms with van der Waals surface area (Å²) in [7, 11) is 0. The highest BCUT2D eigenvalue weighted by atomic mass is 16.1. The molecule has 126 valence electrons. The number of aromatic nitrogens is 2. The molecule has 25 heavy (non-hydrogen) atoms. The van der Waals surface area contributed by atoms with Crippen molar-refractivity contribution >= 4 is 17.1 Å². The first-order valence-electron chi connectivity index (χ1n) is 8.64. The van der Waals surface area contributed by atoms with E-state index >= 15 is 0 Å². The monoisotopic (exact) mass is 332 g/mol. The Morgan fingerprint density at radius 1 is 1.00 bits per heavy atom. The van der Waals surface area contributed by atoms with Crippen LogP contribution in [0.3, 0.4) is 0 Å². The molecule has 0 aliphatic carbocycles. The molecule has 0 saturated carbocycles. The maximum Gasteiger partial charge on any atom is 0.282 e. The molecule has 2 aromatic carbocycles. The van der Waals surface area contributed by atoms with Crippen molar-refractivity contribution in [3.05, 3.63) is 76.3 Å². The molecule has 0 unspecified atom stereocenters. The quantitative estimate of drug-likeness (QED) is 0.690. The molecule has 0 amide bonds. The van der Waals surface area contributed by atoms with Crippen LogP contribution in [0.4, 0.5) is 0 Å². The van der Waals surface area contributed by atoms with Gasteiger partial charge in [-0.05, 0) is 43.6 Å². The fraction of sp³-hybridized carbons (Fsp3) is 0.250. The number of rotatable bonds is 4. The van der Waals surface area contributed by atoms with Gasteiger partial charge in [0.25, 0.3) is 5.56 Å². The van der Waals surface area contributed by atoms with E-state index in [9.17, 15) is 4.79 Å². The number of nitrogens with zero attached hydrogens (tertiary/aromatic N) is 4. The lowest BCUT2D eigenvalue weighted by Crippen LogP contribution is -2.28. The van der Waals surface area contributed by atoms with Gasteiger partial charge in [-0.2, -0.15) is 9.78 Å². The number of hydrogen-bond donors (Lipinski definition) is 0. The van der Waals surface area contributed by atoms with E-state index in [2.05, 4.69) is 10.0 Å². The van der Waals surface area contributed by atoms with Crippen molar-refractivity contribution in [3.63, 3.8) is 0 Å². The lowest BCUT2D eigenvalue weighted by Gasteiger charge is -2.16. The van der Waals surface area contributed by atoms with Gasteiger partial charge in [-0.25, -0.2) is 4.98 Å².